The fourth-order valence-corrected chi connectivity index (χ4v) is 4.02. The number of nitrogens with zero attached hydrogens (tertiary/aromatic N) is 2. The second-order valence-corrected chi connectivity index (χ2v) is 8.93. The van der Waals surface area contributed by atoms with E-state index in [1.807, 2.05) is 0 Å². The number of rotatable bonds is 9. The molecule has 0 bridgehead atoms. The highest BCUT2D eigenvalue weighted by Crippen LogP contribution is 2.34. The molecule has 0 aliphatic rings. The summed E-state index contributed by atoms with van der Waals surface area (Å²) in [6, 6.07) is 5.90. The van der Waals surface area contributed by atoms with Crippen LogP contribution in [-0.4, -0.2) is 41.4 Å². The molecule has 32 heavy (non-hydrogen) atoms. The average molecular weight is 487 g/mol. The van der Waals surface area contributed by atoms with Gasteiger partial charge in [0.05, 0.1) is 22.1 Å². The Balaban J connectivity index is 2.43. The Labute approximate surface area is 191 Å². The maximum atomic E-state index is 14.7. The first-order valence-electron chi connectivity index (χ1n) is 9.40. The van der Waals surface area contributed by atoms with Crippen LogP contribution in [0.1, 0.15) is 6.92 Å². The molecule has 6 N–H and O–H groups in total. The van der Waals surface area contributed by atoms with Crippen LogP contribution in [0.4, 0.5) is 25.8 Å². The van der Waals surface area contributed by atoms with E-state index in [1.54, 1.807) is 19.0 Å². The van der Waals surface area contributed by atoms with E-state index in [0.717, 1.165) is 18.2 Å². The summed E-state index contributed by atoms with van der Waals surface area (Å²) in [7, 11) is -0.908. The highest BCUT2D eigenvalue weighted by molar-refractivity contribution is 7.90. The summed E-state index contributed by atoms with van der Waals surface area (Å²) in [5.41, 5.74) is 12.2. The Morgan fingerprint density at radius 3 is 2.53 bits per heavy atom. The van der Waals surface area contributed by atoms with E-state index >= 15 is 0 Å². The molecule has 0 aliphatic heterocycles. The third-order valence-corrected chi connectivity index (χ3v) is 5.87. The summed E-state index contributed by atoms with van der Waals surface area (Å²) in [6.45, 7) is 2.72. The summed E-state index contributed by atoms with van der Waals surface area (Å²) < 4.78 is 56.8. The highest BCUT2D eigenvalue weighted by atomic mass is 35.5. The van der Waals surface area contributed by atoms with Gasteiger partial charge in [-0.2, -0.15) is 8.42 Å². The lowest BCUT2D eigenvalue weighted by atomic mass is 10.2. The van der Waals surface area contributed by atoms with Gasteiger partial charge in [-0.05, 0) is 44.3 Å². The van der Waals surface area contributed by atoms with Gasteiger partial charge in [0, 0.05) is 31.9 Å². The predicted molar refractivity (Wildman–Crippen MR) is 125 cm³/mol. The van der Waals surface area contributed by atoms with E-state index in [9.17, 15) is 17.2 Å². The summed E-state index contributed by atoms with van der Waals surface area (Å²) in [5.74, 6) is -1.94. The molecule has 0 spiro atoms. The summed E-state index contributed by atoms with van der Waals surface area (Å²) in [4.78, 5) is 1.06. The molecular formula is C20H25ClF2N6O2S. The number of anilines is 3. The van der Waals surface area contributed by atoms with E-state index < -0.39 is 32.4 Å². The Kier molecular flexibility index (Phi) is 8.42. The molecule has 0 amide bonds. The van der Waals surface area contributed by atoms with E-state index in [1.165, 1.54) is 25.1 Å². The van der Waals surface area contributed by atoms with Gasteiger partial charge < -0.3 is 27.0 Å². The summed E-state index contributed by atoms with van der Waals surface area (Å²) in [5, 5.41) is 5.84. The Morgan fingerprint density at radius 1 is 1.22 bits per heavy atom. The minimum absolute atomic E-state index is 0.0857. The number of allylic oxidation sites excluding steroid dienone is 1. The second-order valence-electron chi connectivity index (χ2n) is 6.95. The van der Waals surface area contributed by atoms with Gasteiger partial charge in [-0.3, -0.25) is 0 Å². The topological polar surface area (TPSA) is 126 Å². The van der Waals surface area contributed by atoms with Crippen molar-refractivity contribution in [3.05, 3.63) is 58.8 Å². The van der Waals surface area contributed by atoms with Crippen molar-refractivity contribution in [1.29, 1.82) is 0 Å². The van der Waals surface area contributed by atoms with Crippen molar-refractivity contribution in [3.8, 4) is 0 Å². The third-order valence-electron chi connectivity index (χ3n) is 4.24. The first kappa shape index (κ1) is 25.4. The van der Waals surface area contributed by atoms with E-state index in [2.05, 4.69) is 15.0 Å². The van der Waals surface area contributed by atoms with Gasteiger partial charge in [0.15, 0.2) is 0 Å². The molecule has 0 saturated heterocycles. The van der Waals surface area contributed by atoms with Gasteiger partial charge in [-0.15, -0.1) is 4.40 Å². The Morgan fingerprint density at radius 2 is 1.91 bits per heavy atom. The number of benzene rings is 2. The van der Waals surface area contributed by atoms with Crippen molar-refractivity contribution in [2.75, 3.05) is 37.4 Å². The number of amidine groups is 1. The van der Waals surface area contributed by atoms with Crippen molar-refractivity contribution in [2.24, 2.45) is 15.9 Å². The van der Waals surface area contributed by atoms with Crippen molar-refractivity contribution < 1.29 is 17.2 Å². The zero-order valence-corrected chi connectivity index (χ0v) is 19.4. The molecular weight excluding hydrogens is 462 g/mol. The molecule has 12 heteroatoms. The Hall–Kier alpha value is -2.89. The zero-order valence-electron chi connectivity index (χ0n) is 17.8. The fourth-order valence-electron chi connectivity index (χ4n) is 2.74. The molecule has 2 aromatic carbocycles. The molecule has 0 atom stereocenters. The molecule has 0 aromatic heterocycles. The number of sulfonamides is 1. The quantitative estimate of drug-likeness (QED) is 0.317. The van der Waals surface area contributed by atoms with E-state index in [0.29, 0.717) is 24.5 Å². The average Bonchev–Trinajstić information content (AvgIpc) is 2.68. The highest BCUT2D eigenvalue weighted by Gasteiger charge is 2.22. The number of hydrogen-bond donors (Lipinski definition) is 4. The molecule has 0 heterocycles. The van der Waals surface area contributed by atoms with Gasteiger partial charge in [0.1, 0.15) is 22.4 Å². The van der Waals surface area contributed by atoms with Crippen molar-refractivity contribution in [3.63, 3.8) is 0 Å². The maximum Gasteiger partial charge on any atom is 0.287 e. The monoisotopic (exact) mass is 486 g/mol. The van der Waals surface area contributed by atoms with Gasteiger partial charge in [0.2, 0.25) is 0 Å². The van der Waals surface area contributed by atoms with Crippen LogP contribution in [0.3, 0.4) is 0 Å². The maximum absolute atomic E-state index is 14.7. The van der Waals surface area contributed by atoms with Crippen LogP contribution in [0, 0.1) is 11.6 Å². The van der Waals surface area contributed by atoms with Gasteiger partial charge >= 0.3 is 0 Å². The Bertz CT molecular complexity index is 1150. The molecule has 0 unspecified atom stereocenters. The van der Waals surface area contributed by atoms with E-state index in [4.69, 9.17) is 23.1 Å². The van der Waals surface area contributed by atoms with Gasteiger partial charge in [0.25, 0.3) is 10.0 Å². The van der Waals surface area contributed by atoms with Crippen LogP contribution in [0.15, 0.2) is 51.4 Å². The van der Waals surface area contributed by atoms with Crippen LogP contribution in [0.5, 0.6) is 0 Å². The first-order chi connectivity index (χ1) is 14.9. The number of nitrogens with one attached hydrogen (secondary N) is 2. The molecule has 174 valence electrons. The van der Waals surface area contributed by atoms with Gasteiger partial charge in [-0.25, -0.2) is 8.78 Å². The smallest absolute Gasteiger partial charge is 0.287 e. The lowest BCUT2D eigenvalue weighted by molar-refractivity contribution is 0.568. The standard InChI is InChI=1S/C20H25ClF2N6O2S/c1-12(24)8-20(25)28-32(30,31)19-10-14(21)17(11-15(19)23)27-16-5-4-13(22)9-18(16)29(3)7-6-26-2/h4-5,8-11,26-27H,6-7,24H2,1-3H3,(H2,25,28)/b12-8-. The van der Waals surface area contributed by atoms with E-state index in [-0.39, 0.29) is 16.4 Å². The van der Waals surface area contributed by atoms with Crippen LogP contribution >= 0.6 is 11.6 Å². The van der Waals surface area contributed by atoms with Crippen LogP contribution < -0.4 is 27.0 Å². The van der Waals surface area contributed by atoms with Crippen molar-refractivity contribution >= 4 is 44.5 Å². The first-order valence-corrected chi connectivity index (χ1v) is 11.2. The largest absolute Gasteiger partial charge is 0.402 e. The zero-order chi connectivity index (χ0) is 24.1. The predicted octanol–water partition coefficient (Wildman–Crippen LogP) is 2.93. The number of nitrogens with two attached hydrogens (primary N) is 2. The van der Waals surface area contributed by atoms with Crippen molar-refractivity contribution in [2.45, 2.75) is 11.8 Å². The number of halogens is 3. The minimum atomic E-state index is -4.47. The molecule has 2 rings (SSSR count). The molecule has 0 fully saturated rings. The van der Waals surface area contributed by atoms with Crippen LogP contribution in [-0.2, 0) is 10.0 Å². The van der Waals surface area contributed by atoms with Crippen molar-refractivity contribution in [1.82, 2.24) is 5.32 Å². The minimum Gasteiger partial charge on any atom is -0.402 e. The second kappa shape index (κ2) is 10.6. The summed E-state index contributed by atoms with van der Waals surface area (Å²) >= 11 is 6.22. The normalized spacial score (nSPS) is 12.7. The van der Waals surface area contributed by atoms with Gasteiger partial charge in [-0.1, -0.05) is 11.6 Å². The number of hydrogen-bond acceptors (Lipinski definition) is 6. The number of likely N-dealkylation sites (N-methyl/N-ethyl adjacent to an activating group) is 2. The molecule has 2 aromatic rings. The molecule has 8 nitrogen and oxygen atoms in total. The molecule has 0 radical (unpaired) electrons. The SMILES string of the molecule is CNCCN(C)c1cc(F)ccc1Nc1cc(F)c(S(=O)(=O)N=C(N)/C=C(/C)N)cc1Cl. The lowest BCUT2D eigenvalue weighted by Crippen LogP contribution is -2.27. The third kappa shape index (κ3) is 6.55. The summed E-state index contributed by atoms with van der Waals surface area (Å²) in [6.07, 6.45) is 1.13. The fraction of sp³-hybridized carbons (Fsp3) is 0.250. The molecule has 0 saturated carbocycles. The lowest BCUT2D eigenvalue weighted by Gasteiger charge is -2.23. The molecule has 0 aliphatic carbocycles. The van der Waals surface area contributed by atoms with Crippen LogP contribution in [0.25, 0.3) is 0 Å². The van der Waals surface area contributed by atoms with Crippen LogP contribution in [0.2, 0.25) is 5.02 Å².